The summed E-state index contributed by atoms with van der Waals surface area (Å²) in [6.07, 6.45) is 4.11. The van der Waals surface area contributed by atoms with Crippen molar-refractivity contribution in [2.24, 2.45) is 0 Å². The Balaban J connectivity index is 1.74. The minimum absolute atomic E-state index is 0.0263. The second kappa shape index (κ2) is 5.76. The van der Waals surface area contributed by atoms with E-state index in [0.29, 0.717) is 0 Å². The van der Waals surface area contributed by atoms with Gasteiger partial charge in [0.2, 0.25) is 0 Å². The van der Waals surface area contributed by atoms with Crippen LogP contribution in [0.5, 0.6) is 0 Å². The van der Waals surface area contributed by atoms with Crippen LogP contribution in [0.15, 0.2) is 77.5 Å². The molecule has 23 heavy (non-hydrogen) atoms. The number of rotatable bonds is 2. The predicted octanol–water partition coefficient (Wildman–Crippen LogP) is 4.17. The third kappa shape index (κ3) is 2.66. The molecule has 1 aliphatic heterocycles. The molecular weight excluding hydrogens is 284 g/mol. The van der Waals surface area contributed by atoms with Crippen LogP contribution in [0.3, 0.4) is 0 Å². The molecule has 3 nitrogen and oxygen atoms in total. The molecule has 0 saturated heterocycles. The molecule has 0 unspecified atom stereocenters. The number of amides is 2. The number of allylic oxidation sites excluding steroid dienone is 1. The van der Waals surface area contributed by atoms with Crippen LogP contribution >= 0.6 is 0 Å². The molecule has 0 radical (unpaired) electrons. The van der Waals surface area contributed by atoms with Gasteiger partial charge in [0.05, 0.1) is 6.04 Å². The summed E-state index contributed by atoms with van der Waals surface area (Å²) in [6.45, 7) is 0. The molecule has 0 aromatic heterocycles. The number of urea groups is 1. The topological polar surface area (TPSA) is 41.1 Å². The average molecular weight is 302 g/mol. The Labute approximate surface area is 135 Å². The van der Waals surface area contributed by atoms with E-state index >= 15 is 0 Å². The SMILES string of the molecule is O=C1NC2=C(CC/C2=C\c2ccccc2)[C@@H](c2ccccc2)N1. The summed E-state index contributed by atoms with van der Waals surface area (Å²) < 4.78 is 0. The highest BCUT2D eigenvalue weighted by molar-refractivity contribution is 5.82. The second-order valence-corrected chi connectivity index (χ2v) is 5.92. The van der Waals surface area contributed by atoms with Gasteiger partial charge in [0.1, 0.15) is 0 Å². The molecule has 4 rings (SSSR count). The van der Waals surface area contributed by atoms with Crippen molar-refractivity contribution < 1.29 is 4.79 Å². The number of carbonyl (C=O) groups is 1. The molecule has 0 bridgehead atoms. The zero-order valence-electron chi connectivity index (χ0n) is 12.8. The summed E-state index contributed by atoms with van der Waals surface area (Å²) in [7, 11) is 0. The molecule has 2 N–H and O–H groups in total. The highest BCUT2D eigenvalue weighted by atomic mass is 16.2. The third-order valence-electron chi connectivity index (χ3n) is 4.44. The van der Waals surface area contributed by atoms with Gasteiger partial charge in [-0.2, -0.15) is 0 Å². The number of nitrogens with one attached hydrogen (secondary N) is 2. The van der Waals surface area contributed by atoms with E-state index in [-0.39, 0.29) is 12.1 Å². The average Bonchev–Trinajstić information content (AvgIpc) is 2.99. The summed E-state index contributed by atoms with van der Waals surface area (Å²) >= 11 is 0. The lowest BCUT2D eigenvalue weighted by Crippen LogP contribution is -2.43. The van der Waals surface area contributed by atoms with Crippen LogP contribution in [0.25, 0.3) is 6.08 Å². The molecule has 2 aromatic rings. The number of carbonyl (C=O) groups excluding carboxylic acids is 1. The standard InChI is InChI=1S/C20H18N2O/c23-20-21-18(15-9-5-2-6-10-15)17-12-11-16(19(17)22-20)13-14-7-3-1-4-8-14/h1-10,13,18H,11-12H2,(H2,21,22,23)/b16-13+/t18-/m1/s1. The first-order chi connectivity index (χ1) is 11.3. The molecular formula is C20H18N2O. The second-order valence-electron chi connectivity index (χ2n) is 5.92. The van der Waals surface area contributed by atoms with Gasteiger partial charge in [0.25, 0.3) is 0 Å². The molecule has 0 saturated carbocycles. The monoisotopic (exact) mass is 302 g/mol. The van der Waals surface area contributed by atoms with Gasteiger partial charge >= 0.3 is 6.03 Å². The minimum atomic E-state index is -0.126. The van der Waals surface area contributed by atoms with E-state index in [1.807, 2.05) is 36.4 Å². The van der Waals surface area contributed by atoms with Crippen molar-refractivity contribution in [3.05, 3.63) is 88.6 Å². The van der Waals surface area contributed by atoms with Gasteiger partial charge in [-0.1, -0.05) is 60.7 Å². The van der Waals surface area contributed by atoms with E-state index in [2.05, 4.69) is 41.0 Å². The highest BCUT2D eigenvalue weighted by Gasteiger charge is 2.33. The zero-order chi connectivity index (χ0) is 15.6. The Hall–Kier alpha value is -2.81. The van der Waals surface area contributed by atoms with Crippen LogP contribution in [-0.2, 0) is 0 Å². The molecule has 2 amide bonds. The van der Waals surface area contributed by atoms with Crippen molar-refractivity contribution >= 4 is 12.1 Å². The highest BCUT2D eigenvalue weighted by Crippen LogP contribution is 2.40. The molecule has 0 fully saturated rings. The van der Waals surface area contributed by atoms with Gasteiger partial charge in [0, 0.05) is 5.70 Å². The Morgan fingerprint density at radius 1 is 0.913 bits per heavy atom. The normalized spacial score (nSPS) is 21.8. The van der Waals surface area contributed by atoms with Crippen LogP contribution in [-0.4, -0.2) is 6.03 Å². The Kier molecular flexibility index (Phi) is 3.46. The number of hydrogen-bond donors (Lipinski definition) is 2. The van der Waals surface area contributed by atoms with Crippen LogP contribution < -0.4 is 10.6 Å². The summed E-state index contributed by atoms with van der Waals surface area (Å²) in [5.41, 5.74) is 5.79. The summed E-state index contributed by atoms with van der Waals surface area (Å²) in [6, 6.07) is 20.3. The molecule has 1 heterocycles. The largest absolute Gasteiger partial charge is 0.327 e. The molecule has 2 aromatic carbocycles. The van der Waals surface area contributed by atoms with Crippen LogP contribution in [0.4, 0.5) is 4.79 Å². The van der Waals surface area contributed by atoms with Crippen molar-refractivity contribution in [1.82, 2.24) is 10.6 Å². The van der Waals surface area contributed by atoms with Gasteiger partial charge in [-0.05, 0) is 41.2 Å². The fraction of sp³-hybridized carbons (Fsp3) is 0.150. The number of benzene rings is 2. The van der Waals surface area contributed by atoms with Crippen LogP contribution in [0, 0.1) is 0 Å². The number of hydrogen-bond acceptors (Lipinski definition) is 1. The van der Waals surface area contributed by atoms with E-state index in [4.69, 9.17) is 0 Å². The summed E-state index contributed by atoms with van der Waals surface area (Å²) in [4.78, 5) is 12.1. The predicted molar refractivity (Wildman–Crippen MR) is 91.5 cm³/mol. The first-order valence-corrected chi connectivity index (χ1v) is 7.93. The first-order valence-electron chi connectivity index (χ1n) is 7.93. The fourth-order valence-corrected chi connectivity index (χ4v) is 3.37. The van der Waals surface area contributed by atoms with E-state index in [0.717, 1.165) is 24.1 Å². The Morgan fingerprint density at radius 2 is 1.61 bits per heavy atom. The van der Waals surface area contributed by atoms with Gasteiger partial charge in [-0.3, -0.25) is 0 Å². The zero-order valence-corrected chi connectivity index (χ0v) is 12.8. The maximum absolute atomic E-state index is 12.1. The Morgan fingerprint density at radius 3 is 2.35 bits per heavy atom. The van der Waals surface area contributed by atoms with Crippen molar-refractivity contribution in [3.8, 4) is 0 Å². The fourth-order valence-electron chi connectivity index (χ4n) is 3.37. The lowest BCUT2D eigenvalue weighted by molar-refractivity contribution is 0.239. The van der Waals surface area contributed by atoms with Gasteiger partial charge in [-0.25, -0.2) is 4.79 Å². The minimum Gasteiger partial charge on any atom is -0.327 e. The molecule has 1 atom stereocenters. The van der Waals surface area contributed by atoms with Gasteiger partial charge in [-0.15, -0.1) is 0 Å². The molecule has 2 aliphatic rings. The molecule has 3 heteroatoms. The van der Waals surface area contributed by atoms with E-state index in [9.17, 15) is 4.79 Å². The van der Waals surface area contributed by atoms with Crippen molar-refractivity contribution in [3.63, 3.8) is 0 Å². The maximum atomic E-state index is 12.1. The summed E-state index contributed by atoms with van der Waals surface area (Å²) in [5, 5.41) is 6.06. The molecule has 1 aliphatic carbocycles. The van der Waals surface area contributed by atoms with E-state index in [1.54, 1.807) is 0 Å². The van der Waals surface area contributed by atoms with Crippen molar-refractivity contribution in [1.29, 1.82) is 0 Å². The maximum Gasteiger partial charge on any atom is 0.319 e. The van der Waals surface area contributed by atoms with Crippen LogP contribution in [0.2, 0.25) is 0 Å². The van der Waals surface area contributed by atoms with E-state index < -0.39 is 0 Å². The van der Waals surface area contributed by atoms with Crippen molar-refractivity contribution in [2.75, 3.05) is 0 Å². The van der Waals surface area contributed by atoms with Crippen LogP contribution in [0.1, 0.15) is 30.0 Å². The summed E-state index contributed by atoms with van der Waals surface area (Å²) in [5.74, 6) is 0. The quantitative estimate of drug-likeness (QED) is 0.859. The first kappa shape index (κ1) is 13.8. The Bertz CT molecular complexity index is 791. The van der Waals surface area contributed by atoms with Crippen molar-refractivity contribution in [2.45, 2.75) is 18.9 Å². The lowest BCUT2D eigenvalue weighted by Gasteiger charge is -2.27. The molecule has 0 spiro atoms. The van der Waals surface area contributed by atoms with Gasteiger partial charge in [0.15, 0.2) is 0 Å². The smallest absolute Gasteiger partial charge is 0.319 e. The van der Waals surface area contributed by atoms with E-state index in [1.165, 1.54) is 16.7 Å². The molecule has 114 valence electrons. The van der Waals surface area contributed by atoms with Gasteiger partial charge < -0.3 is 10.6 Å². The third-order valence-corrected chi connectivity index (χ3v) is 4.44. The lowest BCUT2D eigenvalue weighted by atomic mass is 9.96.